The van der Waals surface area contributed by atoms with Crippen LogP contribution in [0.2, 0.25) is 0 Å². The lowest BCUT2D eigenvalue weighted by atomic mass is 9.88. The number of nitrogens with zero attached hydrogens (tertiary/aromatic N) is 1. The topological polar surface area (TPSA) is 57.7 Å². The number of hydrogen-bond donors (Lipinski definition) is 3. The lowest BCUT2D eigenvalue weighted by Gasteiger charge is -2.41. The Bertz CT molecular complexity index is 797. The molecule has 1 unspecified atom stereocenters. The van der Waals surface area contributed by atoms with E-state index in [1.807, 2.05) is 12.1 Å². The maximum atomic E-state index is 13.9. The molecular weight excluding hydrogens is 494 g/mol. The number of halogens is 2. The van der Waals surface area contributed by atoms with Crippen LogP contribution in [0.25, 0.3) is 0 Å². The van der Waals surface area contributed by atoms with Crippen molar-refractivity contribution in [3.63, 3.8) is 0 Å². The van der Waals surface area contributed by atoms with Crippen LogP contribution in [0.1, 0.15) is 36.9 Å². The van der Waals surface area contributed by atoms with Gasteiger partial charge in [0.25, 0.3) is 0 Å². The highest BCUT2D eigenvalue weighted by molar-refractivity contribution is 14.0. The lowest BCUT2D eigenvalue weighted by Crippen LogP contribution is -2.58. The minimum Gasteiger partial charge on any atom is -0.381 e. The van der Waals surface area contributed by atoms with Gasteiger partial charge < -0.3 is 20.7 Å². The summed E-state index contributed by atoms with van der Waals surface area (Å²) < 4.78 is 19.5. The third kappa shape index (κ3) is 6.92. The minimum absolute atomic E-state index is 0. The number of benzene rings is 2. The molecule has 5 nitrogen and oxygen atoms in total. The normalized spacial score (nSPS) is 17.0. The van der Waals surface area contributed by atoms with Crippen LogP contribution in [0.5, 0.6) is 0 Å². The van der Waals surface area contributed by atoms with Crippen molar-refractivity contribution in [3.8, 4) is 0 Å². The Hall–Kier alpha value is -1.71. The van der Waals surface area contributed by atoms with Gasteiger partial charge in [-0.2, -0.15) is 0 Å². The van der Waals surface area contributed by atoms with Gasteiger partial charge in [-0.25, -0.2) is 4.39 Å². The maximum absolute atomic E-state index is 13.9. The molecule has 0 saturated carbocycles. The minimum atomic E-state index is -0.213. The number of hydrogen-bond acceptors (Lipinski definition) is 3. The molecule has 1 aliphatic rings. The highest BCUT2D eigenvalue weighted by atomic mass is 127. The summed E-state index contributed by atoms with van der Waals surface area (Å²) in [7, 11) is 1.73. The number of nitrogens with one attached hydrogen (secondary N) is 3. The standard InChI is InChI=1S/C23H31FN4O.HI/c1-18(19-8-4-3-5-9-19)28-23(12-14-29-15-13-23)17-27-22(25-2)26-16-20-10-6-7-11-21(20)24;/h3-11,18,28H,12-17H2,1-2H3,(H2,25,26,27);1H. The molecule has 1 fully saturated rings. The molecule has 0 amide bonds. The third-order valence-electron chi connectivity index (χ3n) is 5.49. The van der Waals surface area contributed by atoms with Crippen LogP contribution in [0.3, 0.4) is 0 Å². The van der Waals surface area contributed by atoms with Crippen molar-refractivity contribution in [3.05, 3.63) is 71.5 Å². The van der Waals surface area contributed by atoms with Crippen LogP contribution in [0.4, 0.5) is 4.39 Å². The Morgan fingerprint density at radius 3 is 2.40 bits per heavy atom. The van der Waals surface area contributed by atoms with Crippen LogP contribution in [0, 0.1) is 5.82 Å². The molecule has 0 spiro atoms. The Balaban J connectivity index is 0.00000320. The van der Waals surface area contributed by atoms with Gasteiger partial charge in [0, 0.05) is 50.5 Å². The second-order valence-electron chi connectivity index (χ2n) is 7.54. The second kappa shape index (κ2) is 12.2. The molecule has 1 saturated heterocycles. The molecular formula is C23H32FIN4O. The van der Waals surface area contributed by atoms with E-state index in [4.69, 9.17) is 4.74 Å². The molecule has 0 aromatic heterocycles. The predicted octanol–water partition coefficient (Wildman–Crippen LogP) is 4.01. The maximum Gasteiger partial charge on any atom is 0.191 e. The predicted molar refractivity (Wildman–Crippen MR) is 131 cm³/mol. The fraction of sp³-hybridized carbons (Fsp3) is 0.435. The fourth-order valence-corrected chi connectivity index (χ4v) is 3.71. The first kappa shape index (κ1) is 24.6. The largest absolute Gasteiger partial charge is 0.381 e. The van der Waals surface area contributed by atoms with Crippen LogP contribution >= 0.6 is 24.0 Å². The summed E-state index contributed by atoms with van der Waals surface area (Å²) in [5.74, 6) is 0.447. The first-order valence-electron chi connectivity index (χ1n) is 10.2. The summed E-state index contributed by atoms with van der Waals surface area (Å²) in [4.78, 5) is 4.30. The first-order valence-corrected chi connectivity index (χ1v) is 10.2. The van der Waals surface area contributed by atoms with E-state index in [2.05, 4.69) is 52.1 Å². The average Bonchev–Trinajstić information content (AvgIpc) is 2.76. The number of rotatable bonds is 7. The summed E-state index contributed by atoms with van der Waals surface area (Å²) in [5, 5.41) is 10.5. The van der Waals surface area contributed by atoms with Crippen molar-refractivity contribution in [1.82, 2.24) is 16.0 Å². The van der Waals surface area contributed by atoms with Gasteiger partial charge in [-0.05, 0) is 31.4 Å². The van der Waals surface area contributed by atoms with E-state index >= 15 is 0 Å². The van der Waals surface area contributed by atoms with Crippen molar-refractivity contribution in [2.45, 2.75) is 37.9 Å². The van der Waals surface area contributed by atoms with Crippen LogP contribution in [-0.2, 0) is 11.3 Å². The van der Waals surface area contributed by atoms with E-state index < -0.39 is 0 Å². The molecule has 3 N–H and O–H groups in total. The molecule has 2 aromatic carbocycles. The first-order chi connectivity index (χ1) is 14.1. The van der Waals surface area contributed by atoms with Crippen LogP contribution in [-0.4, -0.2) is 38.3 Å². The average molecular weight is 526 g/mol. The smallest absolute Gasteiger partial charge is 0.191 e. The number of guanidine groups is 1. The van der Waals surface area contributed by atoms with Gasteiger partial charge in [0.2, 0.25) is 0 Å². The van der Waals surface area contributed by atoms with Crippen molar-refractivity contribution in [1.29, 1.82) is 0 Å². The van der Waals surface area contributed by atoms with E-state index in [1.54, 1.807) is 19.2 Å². The van der Waals surface area contributed by atoms with Gasteiger partial charge >= 0.3 is 0 Å². The number of aliphatic imine (C=N–C) groups is 1. The van der Waals surface area contributed by atoms with Gasteiger partial charge in [-0.3, -0.25) is 4.99 Å². The lowest BCUT2D eigenvalue weighted by molar-refractivity contribution is 0.0355. The van der Waals surface area contributed by atoms with E-state index in [0.717, 1.165) is 26.1 Å². The third-order valence-corrected chi connectivity index (χ3v) is 5.49. The summed E-state index contributed by atoms with van der Waals surface area (Å²) in [5.41, 5.74) is 1.79. The van der Waals surface area contributed by atoms with Gasteiger partial charge in [-0.1, -0.05) is 48.5 Å². The Morgan fingerprint density at radius 2 is 1.73 bits per heavy atom. The molecule has 1 aliphatic heterocycles. The Kier molecular flexibility index (Phi) is 10.0. The summed E-state index contributed by atoms with van der Waals surface area (Å²) in [6, 6.07) is 17.5. The number of ether oxygens (including phenoxy) is 1. The van der Waals surface area contributed by atoms with E-state index in [1.165, 1.54) is 11.6 Å². The molecule has 1 heterocycles. The fourth-order valence-electron chi connectivity index (χ4n) is 3.71. The molecule has 3 rings (SSSR count). The second-order valence-corrected chi connectivity index (χ2v) is 7.54. The van der Waals surface area contributed by atoms with E-state index in [0.29, 0.717) is 24.6 Å². The summed E-state index contributed by atoms with van der Waals surface area (Å²) in [6.45, 7) is 4.76. The molecule has 0 bridgehead atoms. The van der Waals surface area contributed by atoms with Gasteiger partial charge in [0.15, 0.2) is 5.96 Å². The van der Waals surface area contributed by atoms with Crippen molar-refractivity contribution >= 4 is 29.9 Å². The van der Waals surface area contributed by atoms with Crippen molar-refractivity contribution < 1.29 is 9.13 Å². The zero-order valence-corrected chi connectivity index (χ0v) is 20.0. The van der Waals surface area contributed by atoms with Crippen molar-refractivity contribution in [2.24, 2.45) is 4.99 Å². The van der Waals surface area contributed by atoms with Gasteiger partial charge in [0.05, 0.1) is 0 Å². The summed E-state index contributed by atoms with van der Waals surface area (Å²) in [6.07, 6.45) is 1.84. The monoisotopic (exact) mass is 526 g/mol. The molecule has 30 heavy (non-hydrogen) atoms. The SMILES string of the molecule is CN=C(NCc1ccccc1F)NCC1(NC(C)c2ccccc2)CCOCC1.I. The van der Waals surface area contributed by atoms with E-state index in [9.17, 15) is 4.39 Å². The quantitative estimate of drug-likeness (QED) is 0.290. The molecule has 0 aliphatic carbocycles. The highest BCUT2D eigenvalue weighted by Gasteiger charge is 2.34. The van der Waals surface area contributed by atoms with Crippen molar-refractivity contribution in [2.75, 3.05) is 26.8 Å². The summed E-state index contributed by atoms with van der Waals surface area (Å²) >= 11 is 0. The zero-order chi connectivity index (χ0) is 20.5. The van der Waals surface area contributed by atoms with Gasteiger partial charge in [0.1, 0.15) is 5.82 Å². The molecule has 1 atom stereocenters. The van der Waals surface area contributed by atoms with Crippen LogP contribution < -0.4 is 16.0 Å². The van der Waals surface area contributed by atoms with Gasteiger partial charge in [-0.15, -0.1) is 24.0 Å². The van der Waals surface area contributed by atoms with Crippen LogP contribution in [0.15, 0.2) is 59.6 Å². The Labute approximate surface area is 195 Å². The molecule has 2 aromatic rings. The highest BCUT2D eigenvalue weighted by Crippen LogP contribution is 2.25. The Morgan fingerprint density at radius 1 is 1.07 bits per heavy atom. The molecule has 0 radical (unpaired) electrons. The van der Waals surface area contributed by atoms with E-state index in [-0.39, 0.29) is 41.4 Å². The zero-order valence-electron chi connectivity index (χ0n) is 17.7. The molecule has 164 valence electrons. The molecule has 7 heteroatoms.